The topological polar surface area (TPSA) is 162 Å². The summed E-state index contributed by atoms with van der Waals surface area (Å²) < 4.78 is 5.87. The van der Waals surface area contributed by atoms with Crippen molar-refractivity contribution in [3.8, 4) is 5.75 Å². The van der Waals surface area contributed by atoms with Crippen molar-refractivity contribution in [3.63, 3.8) is 0 Å². The summed E-state index contributed by atoms with van der Waals surface area (Å²) in [4.78, 5) is 66.6. The van der Waals surface area contributed by atoms with Crippen molar-refractivity contribution in [2.24, 2.45) is 28.6 Å². The van der Waals surface area contributed by atoms with E-state index >= 15 is 0 Å². The predicted molar refractivity (Wildman–Crippen MR) is 206 cm³/mol. The van der Waals surface area contributed by atoms with Crippen molar-refractivity contribution in [2.45, 2.75) is 71.5 Å². The number of pyridine rings is 1. The van der Waals surface area contributed by atoms with E-state index in [1.54, 1.807) is 24.5 Å². The number of Topliss-reactive ketones (excluding diaryl/α,β-unsaturated/α-hetero) is 1. The summed E-state index contributed by atoms with van der Waals surface area (Å²) in [7, 11) is 0. The fourth-order valence-electron chi connectivity index (χ4n) is 6.49. The molecule has 2 aliphatic rings. The molecule has 2 amide bonds. The summed E-state index contributed by atoms with van der Waals surface area (Å²) >= 11 is 0. The molecule has 4 aromatic rings. The van der Waals surface area contributed by atoms with Gasteiger partial charge in [-0.3, -0.25) is 29.2 Å². The van der Waals surface area contributed by atoms with Crippen molar-refractivity contribution < 1.29 is 28.8 Å². The van der Waals surface area contributed by atoms with E-state index in [1.807, 2.05) is 92.7 Å². The Morgan fingerprint density at radius 2 is 1.74 bits per heavy atom. The first-order valence-electron chi connectivity index (χ1n) is 18.5. The predicted octanol–water partition coefficient (Wildman–Crippen LogP) is 5.73. The van der Waals surface area contributed by atoms with Gasteiger partial charge in [-0.1, -0.05) is 80.6 Å². The van der Waals surface area contributed by atoms with Gasteiger partial charge in [0.05, 0.1) is 42.3 Å². The first-order chi connectivity index (χ1) is 26.2. The normalized spacial score (nSPS) is 17.7. The number of aryl methyl sites for hydroxylation is 1. The number of nitrogens with zero attached hydrogens (tertiary/aromatic N) is 2. The molecule has 0 spiro atoms. The number of ether oxygens (including phenoxy) is 1. The number of rotatable bonds is 13. The SMILES string of the molecule is CC(C)C[C@H]1C(=O)N[C@H](C(=O)CCc2ccc(CNC(=O)c3ccc(CN=Cc4ccccc4)nc3)cc2)Cc2ccc(cc2)OCCC[C@@H]1C(=O)ON. The van der Waals surface area contributed by atoms with Gasteiger partial charge in [-0.25, -0.2) is 0 Å². The standard InChI is InChI=1S/C43H49N5O6/c1-29(2)23-38-37(43(52)54-44)9-6-22-53-36-19-14-31(15-20-36)24-39(48-42(38)51)40(49)21-16-30-10-12-33(13-11-30)26-47-41(50)34-17-18-35(46-27-34)28-45-25-32-7-4-3-5-8-32/h3-5,7-8,10-15,17-20,25,27,29,37-39H,6,9,16,21-24,26,28,44H2,1-2H3,(H,47,50)(H,48,51)/t37-,38+,39-/m0/s1. The lowest BCUT2D eigenvalue weighted by molar-refractivity contribution is -0.154. The molecule has 0 saturated heterocycles. The zero-order chi connectivity index (χ0) is 38.3. The van der Waals surface area contributed by atoms with Crippen LogP contribution < -0.4 is 21.3 Å². The van der Waals surface area contributed by atoms with Crippen molar-refractivity contribution in [3.05, 3.63) is 131 Å². The van der Waals surface area contributed by atoms with Crippen LogP contribution in [0.4, 0.5) is 0 Å². The minimum Gasteiger partial charge on any atom is -0.494 e. The molecule has 3 heterocycles. The number of aromatic nitrogens is 1. The van der Waals surface area contributed by atoms with Crippen LogP contribution >= 0.6 is 0 Å². The highest BCUT2D eigenvalue weighted by Gasteiger charge is 2.36. The fraction of sp³-hybridized carbons (Fsp3) is 0.349. The van der Waals surface area contributed by atoms with Crippen LogP contribution in [-0.2, 0) is 45.2 Å². The van der Waals surface area contributed by atoms with Crippen molar-refractivity contribution in [1.82, 2.24) is 15.6 Å². The lowest BCUT2D eigenvalue weighted by Gasteiger charge is -2.28. The van der Waals surface area contributed by atoms with Crippen LogP contribution in [0, 0.1) is 17.8 Å². The van der Waals surface area contributed by atoms with Gasteiger partial charge in [0.2, 0.25) is 5.91 Å². The molecule has 0 fully saturated rings. The molecular formula is C43H49N5O6. The second kappa shape index (κ2) is 20.0. The number of carbonyl (C=O) groups excluding carboxylic acids is 4. The van der Waals surface area contributed by atoms with E-state index in [1.165, 1.54) is 0 Å². The van der Waals surface area contributed by atoms with Gasteiger partial charge in [0.25, 0.3) is 5.91 Å². The zero-order valence-corrected chi connectivity index (χ0v) is 30.9. The first kappa shape index (κ1) is 39.5. The monoisotopic (exact) mass is 731 g/mol. The minimum absolute atomic E-state index is 0.112. The smallest absolute Gasteiger partial charge is 0.328 e. The van der Waals surface area contributed by atoms with Crippen molar-refractivity contribution in [2.75, 3.05) is 6.61 Å². The average Bonchev–Trinajstić information content (AvgIpc) is 3.19. The summed E-state index contributed by atoms with van der Waals surface area (Å²) in [5.41, 5.74) is 4.97. The van der Waals surface area contributed by atoms with Crippen LogP contribution in [0.25, 0.3) is 0 Å². The Morgan fingerprint density at radius 3 is 2.43 bits per heavy atom. The molecule has 11 nitrogen and oxygen atoms in total. The third-order valence-corrected chi connectivity index (χ3v) is 9.48. The molecule has 2 aliphatic heterocycles. The summed E-state index contributed by atoms with van der Waals surface area (Å²) in [6.45, 7) is 5.09. The van der Waals surface area contributed by atoms with Crippen LogP contribution in [0.3, 0.4) is 0 Å². The fourth-order valence-corrected chi connectivity index (χ4v) is 6.49. The van der Waals surface area contributed by atoms with Crippen molar-refractivity contribution in [1.29, 1.82) is 0 Å². The summed E-state index contributed by atoms with van der Waals surface area (Å²) in [5, 5.41) is 5.94. The van der Waals surface area contributed by atoms with Gasteiger partial charge in [0, 0.05) is 25.4 Å². The number of benzene rings is 3. The highest BCUT2D eigenvalue weighted by molar-refractivity contribution is 5.94. The maximum Gasteiger partial charge on any atom is 0.328 e. The first-order valence-corrected chi connectivity index (χ1v) is 18.5. The third kappa shape index (κ3) is 11.9. The summed E-state index contributed by atoms with van der Waals surface area (Å²) in [6.07, 6.45) is 5.62. The maximum atomic E-state index is 13.8. The number of nitrogens with one attached hydrogen (secondary N) is 2. The third-order valence-electron chi connectivity index (χ3n) is 9.48. The Morgan fingerprint density at radius 1 is 1.00 bits per heavy atom. The number of fused-ring (bicyclic) bond motifs is 11. The van der Waals surface area contributed by atoms with Gasteiger partial charge in [0.15, 0.2) is 5.78 Å². The molecule has 0 unspecified atom stereocenters. The van der Waals surface area contributed by atoms with Gasteiger partial charge in [-0.15, -0.1) is 0 Å². The molecule has 0 saturated carbocycles. The lowest BCUT2D eigenvalue weighted by Crippen LogP contribution is -2.48. The largest absolute Gasteiger partial charge is 0.494 e. The van der Waals surface area contributed by atoms with E-state index in [9.17, 15) is 19.2 Å². The van der Waals surface area contributed by atoms with Crippen LogP contribution in [0.1, 0.15) is 77.8 Å². The highest BCUT2D eigenvalue weighted by atomic mass is 16.7. The molecule has 0 radical (unpaired) electrons. The Kier molecular flexibility index (Phi) is 14.6. The quantitative estimate of drug-likeness (QED) is 0.116. The minimum atomic E-state index is -0.795. The van der Waals surface area contributed by atoms with Crippen LogP contribution in [0.2, 0.25) is 0 Å². The zero-order valence-electron chi connectivity index (χ0n) is 30.9. The molecule has 54 heavy (non-hydrogen) atoms. The van der Waals surface area contributed by atoms with Gasteiger partial charge < -0.3 is 20.2 Å². The van der Waals surface area contributed by atoms with Crippen LogP contribution in [0.15, 0.2) is 102 Å². The van der Waals surface area contributed by atoms with E-state index < -0.39 is 23.8 Å². The number of hydrogen-bond donors (Lipinski definition) is 3. The lowest BCUT2D eigenvalue weighted by atomic mass is 9.81. The van der Waals surface area contributed by atoms with Crippen LogP contribution in [0.5, 0.6) is 5.75 Å². The average molecular weight is 732 g/mol. The molecule has 0 aliphatic carbocycles. The van der Waals surface area contributed by atoms with E-state index in [2.05, 4.69) is 25.4 Å². The molecule has 4 N–H and O–H groups in total. The number of nitrogens with two attached hydrogens (primary N) is 1. The molecule has 6 rings (SSSR count). The molecule has 2 bridgehead atoms. The second-order valence-corrected chi connectivity index (χ2v) is 14.1. The molecular weight excluding hydrogens is 683 g/mol. The molecule has 1 aromatic heterocycles. The molecule has 3 aromatic carbocycles. The number of carbonyl (C=O) groups is 4. The molecule has 11 heteroatoms. The Balaban J connectivity index is 1.17. The van der Waals surface area contributed by atoms with E-state index in [0.29, 0.717) is 63.1 Å². The van der Waals surface area contributed by atoms with Gasteiger partial charge in [-0.05, 0) is 84.5 Å². The Labute approximate surface area is 316 Å². The number of hydrogen-bond acceptors (Lipinski definition) is 9. The molecule has 3 atom stereocenters. The van der Waals surface area contributed by atoms with Crippen LogP contribution in [-0.4, -0.2) is 47.4 Å². The van der Waals surface area contributed by atoms with E-state index in [-0.39, 0.29) is 29.9 Å². The van der Waals surface area contributed by atoms with Gasteiger partial charge >= 0.3 is 5.97 Å². The number of amides is 2. The Hall–Kier alpha value is -5.68. The number of ketones is 1. The molecule has 282 valence electrons. The van der Waals surface area contributed by atoms with E-state index in [4.69, 9.17) is 10.6 Å². The number of aliphatic imine (C=N–C) groups is 1. The highest BCUT2D eigenvalue weighted by Crippen LogP contribution is 2.28. The van der Waals surface area contributed by atoms with Crippen molar-refractivity contribution >= 4 is 29.8 Å². The summed E-state index contributed by atoms with van der Waals surface area (Å²) in [6, 6.07) is 27.8. The second-order valence-electron chi connectivity index (χ2n) is 14.1. The summed E-state index contributed by atoms with van der Waals surface area (Å²) in [5.74, 6) is 3.26. The van der Waals surface area contributed by atoms with Gasteiger partial charge in [0.1, 0.15) is 5.75 Å². The maximum absolute atomic E-state index is 13.8. The van der Waals surface area contributed by atoms with E-state index in [0.717, 1.165) is 27.9 Å². The van der Waals surface area contributed by atoms with Gasteiger partial charge in [-0.2, -0.15) is 5.90 Å². The Bertz CT molecular complexity index is 1860.